The van der Waals surface area contributed by atoms with Crippen molar-refractivity contribution < 1.29 is 9.59 Å². The highest BCUT2D eigenvalue weighted by Gasteiger charge is 2.17. The summed E-state index contributed by atoms with van der Waals surface area (Å²) in [7, 11) is 0. The number of hydrogen-bond acceptors (Lipinski definition) is 3. The maximum absolute atomic E-state index is 12.5. The molecule has 0 unspecified atom stereocenters. The third-order valence-electron chi connectivity index (χ3n) is 3.76. The van der Waals surface area contributed by atoms with Crippen molar-refractivity contribution in [1.82, 2.24) is 9.88 Å². The lowest BCUT2D eigenvalue weighted by Gasteiger charge is -2.20. The van der Waals surface area contributed by atoms with Crippen molar-refractivity contribution in [3.05, 3.63) is 72.1 Å². The number of rotatable bonds is 7. The zero-order valence-electron chi connectivity index (χ0n) is 14.7. The van der Waals surface area contributed by atoms with Gasteiger partial charge in [-0.3, -0.25) is 14.6 Å². The Labute approximate surface area is 148 Å². The van der Waals surface area contributed by atoms with Crippen LogP contribution in [-0.4, -0.2) is 28.2 Å². The lowest BCUT2D eigenvalue weighted by molar-refractivity contribution is -0.134. The summed E-state index contributed by atoms with van der Waals surface area (Å²) in [4.78, 5) is 30.5. The summed E-state index contributed by atoms with van der Waals surface area (Å²) in [5.74, 6) is -0.581. The molecule has 1 heterocycles. The molecule has 0 spiro atoms. The number of aromatic nitrogens is 1. The average molecular weight is 337 g/mol. The van der Waals surface area contributed by atoms with Crippen LogP contribution in [-0.2, 0) is 16.1 Å². The number of benzene rings is 1. The Hall–Kier alpha value is -2.95. The number of hydrogen-bond donors (Lipinski definition) is 1. The fraction of sp³-hybridized carbons (Fsp3) is 0.250. The Morgan fingerprint density at radius 2 is 2.04 bits per heavy atom. The summed E-state index contributed by atoms with van der Waals surface area (Å²) in [5, 5.41) is 2.81. The first-order chi connectivity index (χ1) is 12.0. The zero-order chi connectivity index (χ0) is 18.2. The molecule has 1 aromatic carbocycles. The molecule has 0 aliphatic heterocycles. The van der Waals surface area contributed by atoms with Crippen LogP contribution >= 0.6 is 0 Å². The van der Waals surface area contributed by atoms with Gasteiger partial charge in [0.2, 0.25) is 11.8 Å². The summed E-state index contributed by atoms with van der Waals surface area (Å²) in [6.45, 7) is 8.27. The Morgan fingerprint density at radius 1 is 1.24 bits per heavy atom. The van der Waals surface area contributed by atoms with Crippen molar-refractivity contribution in [1.29, 1.82) is 0 Å². The minimum atomic E-state index is -0.325. The average Bonchev–Trinajstić information content (AvgIpc) is 2.58. The SMILES string of the molecule is C=CCN(Cc1ccccn1)C(=O)CC(=O)Nc1cc(C)ccc1C. The number of anilines is 1. The van der Waals surface area contributed by atoms with Crippen LogP contribution in [0.4, 0.5) is 5.69 Å². The molecule has 1 aromatic heterocycles. The molecule has 5 nitrogen and oxygen atoms in total. The molecule has 2 aromatic rings. The summed E-state index contributed by atoms with van der Waals surface area (Å²) < 4.78 is 0. The molecule has 1 N–H and O–H groups in total. The van der Waals surface area contributed by atoms with E-state index in [1.165, 1.54) is 0 Å². The van der Waals surface area contributed by atoms with Crippen LogP contribution in [0.15, 0.2) is 55.3 Å². The molecule has 0 radical (unpaired) electrons. The summed E-state index contributed by atoms with van der Waals surface area (Å²) >= 11 is 0. The summed E-state index contributed by atoms with van der Waals surface area (Å²) in [6, 6.07) is 11.4. The monoisotopic (exact) mass is 337 g/mol. The lowest BCUT2D eigenvalue weighted by Crippen LogP contribution is -2.33. The van der Waals surface area contributed by atoms with Gasteiger partial charge < -0.3 is 10.2 Å². The normalized spacial score (nSPS) is 10.2. The lowest BCUT2D eigenvalue weighted by atomic mass is 10.1. The van der Waals surface area contributed by atoms with Crippen LogP contribution in [0.2, 0.25) is 0 Å². The molecular formula is C20H23N3O2. The highest BCUT2D eigenvalue weighted by molar-refractivity contribution is 6.03. The maximum Gasteiger partial charge on any atom is 0.233 e. The van der Waals surface area contributed by atoms with E-state index in [4.69, 9.17) is 0 Å². The number of carbonyl (C=O) groups is 2. The van der Waals surface area contributed by atoms with E-state index < -0.39 is 0 Å². The van der Waals surface area contributed by atoms with E-state index >= 15 is 0 Å². The molecule has 130 valence electrons. The van der Waals surface area contributed by atoms with Crippen molar-refractivity contribution in [2.75, 3.05) is 11.9 Å². The van der Waals surface area contributed by atoms with Crippen LogP contribution in [0.5, 0.6) is 0 Å². The van der Waals surface area contributed by atoms with E-state index in [2.05, 4.69) is 16.9 Å². The van der Waals surface area contributed by atoms with Gasteiger partial charge in [-0.05, 0) is 43.2 Å². The quantitative estimate of drug-likeness (QED) is 0.623. The molecule has 2 rings (SSSR count). The van der Waals surface area contributed by atoms with Gasteiger partial charge in [0.15, 0.2) is 0 Å². The molecule has 5 heteroatoms. The van der Waals surface area contributed by atoms with Crippen molar-refractivity contribution in [3.63, 3.8) is 0 Å². The van der Waals surface area contributed by atoms with Crippen molar-refractivity contribution >= 4 is 17.5 Å². The molecule has 25 heavy (non-hydrogen) atoms. The second kappa shape index (κ2) is 8.78. The minimum Gasteiger partial charge on any atom is -0.333 e. The molecule has 0 aliphatic carbocycles. The molecule has 0 saturated heterocycles. The predicted octanol–water partition coefficient (Wildman–Crippen LogP) is 3.24. The second-order valence-electron chi connectivity index (χ2n) is 5.93. The predicted molar refractivity (Wildman–Crippen MR) is 99.0 cm³/mol. The summed E-state index contributed by atoms with van der Waals surface area (Å²) in [6.07, 6.45) is 3.11. The number of nitrogens with zero attached hydrogens (tertiary/aromatic N) is 2. The number of pyridine rings is 1. The van der Waals surface area contributed by atoms with E-state index in [1.54, 1.807) is 17.2 Å². The molecule has 2 amide bonds. The van der Waals surface area contributed by atoms with E-state index in [0.29, 0.717) is 13.1 Å². The van der Waals surface area contributed by atoms with Gasteiger partial charge in [0.05, 0.1) is 12.2 Å². The highest BCUT2D eigenvalue weighted by Crippen LogP contribution is 2.16. The second-order valence-corrected chi connectivity index (χ2v) is 5.93. The smallest absolute Gasteiger partial charge is 0.233 e. The largest absolute Gasteiger partial charge is 0.333 e. The fourth-order valence-electron chi connectivity index (χ4n) is 2.41. The van der Waals surface area contributed by atoms with Gasteiger partial charge in [0.25, 0.3) is 0 Å². The van der Waals surface area contributed by atoms with Crippen molar-refractivity contribution in [3.8, 4) is 0 Å². The minimum absolute atomic E-state index is 0.214. The third kappa shape index (κ3) is 5.57. The van der Waals surface area contributed by atoms with E-state index in [0.717, 1.165) is 22.5 Å². The van der Waals surface area contributed by atoms with Gasteiger partial charge in [-0.1, -0.05) is 24.3 Å². The van der Waals surface area contributed by atoms with Crippen molar-refractivity contribution in [2.45, 2.75) is 26.8 Å². The first-order valence-electron chi connectivity index (χ1n) is 8.15. The van der Waals surface area contributed by atoms with Gasteiger partial charge >= 0.3 is 0 Å². The first kappa shape index (κ1) is 18.4. The van der Waals surface area contributed by atoms with E-state index in [-0.39, 0.29) is 18.2 Å². The van der Waals surface area contributed by atoms with E-state index in [9.17, 15) is 9.59 Å². The fourth-order valence-corrected chi connectivity index (χ4v) is 2.41. The van der Waals surface area contributed by atoms with Crippen LogP contribution in [0.1, 0.15) is 23.2 Å². The molecule has 0 bridgehead atoms. The van der Waals surface area contributed by atoms with Crippen molar-refractivity contribution in [2.24, 2.45) is 0 Å². The number of amides is 2. The number of aryl methyl sites for hydroxylation is 2. The van der Waals surface area contributed by atoms with Gasteiger partial charge in [-0.25, -0.2) is 0 Å². The first-order valence-corrected chi connectivity index (χ1v) is 8.15. The Morgan fingerprint density at radius 3 is 2.72 bits per heavy atom. The number of nitrogens with one attached hydrogen (secondary N) is 1. The molecular weight excluding hydrogens is 314 g/mol. The van der Waals surface area contributed by atoms with Crippen LogP contribution in [0.25, 0.3) is 0 Å². The Kier molecular flexibility index (Phi) is 6.46. The van der Waals surface area contributed by atoms with E-state index in [1.807, 2.05) is 50.2 Å². The van der Waals surface area contributed by atoms with Crippen LogP contribution in [0.3, 0.4) is 0 Å². The highest BCUT2D eigenvalue weighted by atomic mass is 16.2. The molecule has 0 aliphatic rings. The Bertz CT molecular complexity index is 757. The van der Waals surface area contributed by atoms with Gasteiger partial charge in [0, 0.05) is 18.4 Å². The topological polar surface area (TPSA) is 62.3 Å². The van der Waals surface area contributed by atoms with Crippen LogP contribution in [0, 0.1) is 13.8 Å². The molecule has 0 saturated carbocycles. The van der Waals surface area contributed by atoms with Crippen LogP contribution < -0.4 is 5.32 Å². The maximum atomic E-state index is 12.5. The van der Waals surface area contributed by atoms with Gasteiger partial charge in [-0.2, -0.15) is 0 Å². The zero-order valence-corrected chi connectivity index (χ0v) is 14.7. The van der Waals surface area contributed by atoms with Gasteiger partial charge in [0.1, 0.15) is 6.42 Å². The molecule has 0 atom stereocenters. The Balaban J connectivity index is 2.00. The number of carbonyl (C=O) groups excluding carboxylic acids is 2. The van der Waals surface area contributed by atoms with Gasteiger partial charge in [-0.15, -0.1) is 6.58 Å². The third-order valence-corrected chi connectivity index (χ3v) is 3.76. The molecule has 0 fully saturated rings. The summed E-state index contributed by atoms with van der Waals surface area (Å²) in [5.41, 5.74) is 3.52. The standard InChI is InChI=1S/C20H23N3O2/c1-4-11-23(14-17-7-5-6-10-21-17)20(25)13-19(24)22-18-12-15(2)8-9-16(18)3/h4-10,12H,1,11,13-14H2,2-3H3,(H,22,24).